The molecule has 4 aromatic rings. The first-order valence-corrected chi connectivity index (χ1v) is 9.09. The number of fused-ring (bicyclic) bond motifs is 2. The topological polar surface area (TPSA) is 99.9 Å². The first kappa shape index (κ1) is 16.4. The number of rotatable bonds is 5. The number of furan rings is 1. The minimum Gasteiger partial charge on any atom is -0.456 e. The van der Waals surface area contributed by atoms with E-state index in [0.29, 0.717) is 34.9 Å². The Morgan fingerprint density at radius 2 is 2.15 bits per heavy atom. The van der Waals surface area contributed by atoms with E-state index in [1.54, 1.807) is 0 Å². The monoisotopic (exact) mass is 363 g/mol. The van der Waals surface area contributed by atoms with Crippen molar-refractivity contribution in [3.05, 3.63) is 41.3 Å². The molecular weight excluding hydrogens is 346 g/mol. The Bertz CT molecular complexity index is 1110. The van der Waals surface area contributed by atoms with Gasteiger partial charge >= 0.3 is 0 Å². The van der Waals surface area contributed by atoms with E-state index in [0.717, 1.165) is 27.7 Å². The van der Waals surface area contributed by atoms with Crippen molar-refractivity contribution in [1.29, 1.82) is 5.26 Å². The van der Waals surface area contributed by atoms with Crippen molar-refractivity contribution in [2.75, 3.05) is 31.2 Å². The SMILES string of the molecule is CNCCNc1nc2scc(N)c2c(-c2cc3ccccc3o2)c1C#N. The van der Waals surface area contributed by atoms with Gasteiger partial charge in [-0.05, 0) is 19.2 Å². The molecule has 26 heavy (non-hydrogen) atoms. The number of pyridine rings is 1. The van der Waals surface area contributed by atoms with E-state index in [9.17, 15) is 5.26 Å². The van der Waals surface area contributed by atoms with Gasteiger partial charge in [0.15, 0.2) is 0 Å². The van der Waals surface area contributed by atoms with Crippen molar-refractivity contribution >= 4 is 44.0 Å². The summed E-state index contributed by atoms with van der Waals surface area (Å²) >= 11 is 1.46. The van der Waals surface area contributed by atoms with Gasteiger partial charge in [-0.15, -0.1) is 11.3 Å². The Hall–Kier alpha value is -3.08. The fourth-order valence-electron chi connectivity index (χ4n) is 2.99. The number of likely N-dealkylation sites (N-methyl/N-ethyl adjacent to an activating group) is 1. The lowest BCUT2D eigenvalue weighted by Gasteiger charge is -2.11. The van der Waals surface area contributed by atoms with Crippen LogP contribution in [0.15, 0.2) is 40.1 Å². The standard InChI is InChI=1S/C19H17N5OS/c1-22-6-7-23-18-12(9-20)16(17-13(21)10-26-19(17)24-18)15-8-11-4-2-3-5-14(11)25-15/h2-5,8,10,22H,6-7,21H2,1H3,(H,23,24). The molecule has 0 bridgehead atoms. The zero-order valence-corrected chi connectivity index (χ0v) is 15.0. The third-order valence-corrected chi connectivity index (χ3v) is 5.09. The highest BCUT2D eigenvalue weighted by Crippen LogP contribution is 2.42. The maximum atomic E-state index is 9.86. The Labute approximate surface area is 154 Å². The molecule has 7 heteroatoms. The van der Waals surface area contributed by atoms with E-state index >= 15 is 0 Å². The van der Waals surface area contributed by atoms with E-state index in [1.807, 2.05) is 42.8 Å². The molecule has 4 N–H and O–H groups in total. The molecular formula is C19H17N5OS. The van der Waals surface area contributed by atoms with Crippen LogP contribution in [0.2, 0.25) is 0 Å². The Morgan fingerprint density at radius 1 is 1.31 bits per heavy atom. The lowest BCUT2D eigenvalue weighted by Crippen LogP contribution is -2.18. The average Bonchev–Trinajstić information content (AvgIpc) is 3.24. The van der Waals surface area contributed by atoms with Gasteiger partial charge in [0.1, 0.15) is 33.6 Å². The molecule has 0 spiro atoms. The highest BCUT2D eigenvalue weighted by atomic mass is 32.1. The fourth-order valence-corrected chi connectivity index (χ4v) is 3.83. The van der Waals surface area contributed by atoms with Crippen LogP contribution in [0.1, 0.15) is 5.56 Å². The van der Waals surface area contributed by atoms with Crippen LogP contribution in [0.3, 0.4) is 0 Å². The first-order chi connectivity index (χ1) is 12.7. The predicted molar refractivity (Wildman–Crippen MR) is 106 cm³/mol. The quantitative estimate of drug-likeness (QED) is 0.466. The minimum absolute atomic E-state index is 0.442. The highest BCUT2D eigenvalue weighted by Gasteiger charge is 2.22. The zero-order valence-electron chi connectivity index (χ0n) is 14.2. The number of aromatic nitrogens is 1. The minimum atomic E-state index is 0.442. The summed E-state index contributed by atoms with van der Waals surface area (Å²) in [6.45, 7) is 1.42. The van der Waals surface area contributed by atoms with Gasteiger partial charge in [0.2, 0.25) is 0 Å². The molecule has 6 nitrogen and oxygen atoms in total. The summed E-state index contributed by atoms with van der Waals surface area (Å²) in [6, 6.07) is 12.0. The van der Waals surface area contributed by atoms with Gasteiger partial charge in [0.25, 0.3) is 0 Å². The number of para-hydroxylation sites is 1. The van der Waals surface area contributed by atoms with Crippen molar-refractivity contribution in [3.8, 4) is 17.4 Å². The molecule has 4 rings (SSSR count). The smallest absolute Gasteiger partial charge is 0.146 e. The van der Waals surface area contributed by atoms with Gasteiger partial charge in [-0.3, -0.25) is 0 Å². The predicted octanol–water partition coefficient (Wildman–Crippen LogP) is 3.79. The van der Waals surface area contributed by atoms with Crippen molar-refractivity contribution in [2.45, 2.75) is 0 Å². The van der Waals surface area contributed by atoms with E-state index in [2.05, 4.69) is 21.7 Å². The van der Waals surface area contributed by atoms with Crippen molar-refractivity contribution < 1.29 is 4.42 Å². The number of hydrogen-bond acceptors (Lipinski definition) is 7. The van der Waals surface area contributed by atoms with E-state index in [4.69, 9.17) is 10.2 Å². The van der Waals surface area contributed by atoms with E-state index in [1.165, 1.54) is 11.3 Å². The van der Waals surface area contributed by atoms with Gasteiger partial charge in [-0.25, -0.2) is 4.98 Å². The second-order valence-electron chi connectivity index (χ2n) is 5.87. The molecule has 0 unspecified atom stereocenters. The largest absolute Gasteiger partial charge is 0.456 e. The zero-order chi connectivity index (χ0) is 18.1. The molecule has 0 radical (unpaired) electrons. The summed E-state index contributed by atoms with van der Waals surface area (Å²) in [7, 11) is 1.88. The Morgan fingerprint density at radius 3 is 2.92 bits per heavy atom. The number of hydrogen-bond donors (Lipinski definition) is 3. The van der Waals surface area contributed by atoms with Crippen molar-refractivity contribution in [1.82, 2.24) is 10.3 Å². The second kappa shape index (κ2) is 6.67. The molecule has 0 amide bonds. The Kier molecular flexibility index (Phi) is 4.21. The van der Waals surface area contributed by atoms with Gasteiger partial charge in [-0.1, -0.05) is 18.2 Å². The van der Waals surface area contributed by atoms with Crippen LogP contribution in [0.25, 0.3) is 32.5 Å². The number of nitrogens with two attached hydrogens (primary N) is 1. The van der Waals surface area contributed by atoms with Crippen LogP contribution in [0, 0.1) is 11.3 Å². The summed E-state index contributed by atoms with van der Waals surface area (Å²) < 4.78 is 6.04. The molecule has 0 saturated carbocycles. The average molecular weight is 363 g/mol. The van der Waals surface area contributed by atoms with Gasteiger partial charge < -0.3 is 20.8 Å². The van der Waals surface area contributed by atoms with Gasteiger partial charge in [-0.2, -0.15) is 5.26 Å². The van der Waals surface area contributed by atoms with E-state index < -0.39 is 0 Å². The lowest BCUT2D eigenvalue weighted by atomic mass is 10.0. The number of thiophene rings is 1. The maximum absolute atomic E-state index is 9.86. The first-order valence-electron chi connectivity index (χ1n) is 8.21. The van der Waals surface area contributed by atoms with Crippen molar-refractivity contribution in [3.63, 3.8) is 0 Å². The third kappa shape index (κ3) is 2.65. The van der Waals surface area contributed by atoms with Crippen molar-refractivity contribution in [2.24, 2.45) is 0 Å². The maximum Gasteiger partial charge on any atom is 0.146 e. The number of nitriles is 1. The number of nitrogens with one attached hydrogen (secondary N) is 2. The van der Waals surface area contributed by atoms with Crippen LogP contribution >= 0.6 is 11.3 Å². The highest BCUT2D eigenvalue weighted by molar-refractivity contribution is 7.17. The molecule has 1 aromatic carbocycles. The number of nitrogens with zero attached hydrogens (tertiary/aromatic N) is 2. The summed E-state index contributed by atoms with van der Waals surface area (Å²) in [5.41, 5.74) is 8.71. The van der Waals surface area contributed by atoms with Gasteiger partial charge in [0, 0.05) is 29.2 Å². The molecule has 0 atom stereocenters. The number of benzene rings is 1. The fraction of sp³-hybridized carbons (Fsp3) is 0.158. The van der Waals surface area contributed by atoms with Crippen LogP contribution in [-0.4, -0.2) is 25.1 Å². The molecule has 3 aromatic heterocycles. The van der Waals surface area contributed by atoms with Gasteiger partial charge in [0.05, 0.1) is 11.3 Å². The number of anilines is 2. The normalized spacial score (nSPS) is 11.1. The molecule has 0 aliphatic carbocycles. The molecule has 0 fully saturated rings. The summed E-state index contributed by atoms with van der Waals surface area (Å²) in [6.07, 6.45) is 0. The summed E-state index contributed by atoms with van der Waals surface area (Å²) in [4.78, 5) is 5.40. The third-order valence-electron chi connectivity index (χ3n) is 4.20. The lowest BCUT2D eigenvalue weighted by molar-refractivity contribution is 0.632. The molecule has 0 saturated heterocycles. The van der Waals surface area contributed by atoms with Crippen LogP contribution in [0.4, 0.5) is 11.5 Å². The van der Waals surface area contributed by atoms with Crippen LogP contribution < -0.4 is 16.4 Å². The van der Waals surface area contributed by atoms with Crippen LogP contribution in [-0.2, 0) is 0 Å². The van der Waals surface area contributed by atoms with E-state index in [-0.39, 0.29) is 0 Å². The summed E-state index contributed by atoms with van der Waals surface area (Å²) in [5, 5.41) is 19.8. The summed E-state index contributed by atoms with van der Waals surface area (Å²) in [5.74, 6) is 1.17. The molecule has 0 aliphatic rings. The Balaban J connectivity index is 1.98. The molecule has 0 aliphatic heterocycles. The number of nitrogen functional groups attached to an aromatic ring is 1. The molecule has 130 valence electrons. The molecule has 3 heterocycles. The second-order valence-corrected chi connectivity index (χ2v) is 6.73. The van der Waals surface area contributed by atoms with Crippen LogP contribution in [0.5, 0.6) is 0 Å².